The summed E-state index contributed by atoms with van der Waals surface area (Å²) in [7, 11) is 0. The van der Waals surface area contributed by atoms with Gasteiger partial charge >= 0.3 is 0 Å². The molecule has 1 amide bonds. The van der Waals surface area contributed by atoms with Crippen LogP contribution in [-0.2, 0) is 0 Å². The zero-order valence-corrected chi connectivity index (χ0v) is 17.3. The van der Waals surface area contributed by atoms with Gasteiger partial charge in [-0.05, 0) is 91.5 Å². The van der Waals surface area contributed by atoms with Gasteiger partial charge < -0.3 is 14.6 Å². The van der Waals surface area contributed by atoms with Gasteiger partial charge in [-0.2, -0.15) is 0 Å². The van der Waals surface area contributed by atoms with Gasteiger partial charge in [0.1, 0.15) is 0 Å². The van der Waals surface area contributed by atoms with E-state index in [-0.39, 0.29) is 5.91 Å². The number of hydrogen-bond donors (Lipinski definition) is 1. The number of rotatable bonds is 7. The molecule has 1 saturated heterocycles. The normalized spacial score (nSPS) is 15.9. The first-order valence-corrected chi connectivity index (χ1v) is 11.2. The second-order valence-electron chi connectivity index (χ2n) is 7.66. The van der Waals surface area contributed by atoms with Gasteiger partial charge in [0.05, 0.1) is 6.26 Å². The van der Waals surface area contributed by atoms with E-state index in [9.17, 15) is 4.79 Å². The molecule has 0 unspecified atom stereocenters. The molecule has 0 bridgehead atoms. The van der Waals surface area contributed by atoms with Crippen molar-refractivity contribution in [3.63, 3.8) is 0 Å². The number of nitrogens with one attached hydrogen (secondary N) is 1. The predicted octanol–water partition coefficient (Wildman–Crippen LogP) is 6.12. The average Bonchev–Trinajstić information content (AvgIpc) is 3.39. The summed E-state index contributed by atoms with van der Waals surface area (Å²) in [6, 6.07) is 9.61. The molecule has 1 aliphatic heterocycles. The Morgan fingerprint density at radius 1 is 1.25 bits per heavy atom. The number of thiophene rings is 1. The zero-order valence-electron chi connectivity index (χ0n) is 16.4. The number of piperidine rings is 1. The summed E-state index contributed by atoms with van der Waals surface area (Å²) in [5.41, 5.74) is 2.27. The minimum atomic E-state index is -0.207. The molecule has 1 aliphatic rings. The molecule has 0 radical (unpaired) electrons. The van der Waals surface area contributed by atoms with E-state index in [0.717, 1.165) is 5.69 Å². The van der Waals surface area contributed by atoms with E-state index in [0.29, 0.717) is 11.7 Å². The lowest BCUT2D eigenvalue weighted by Gasteiger charge is -2.32. The number of benzene rings is 1. The van der Waals surface area contributed by atoms with Gasteiger partial charge in [0.15, 0.2) is 5.76 Å². The fraction of sp³-hybridized carbons (Fsp3) is 0.435. The van der Waals surface area contributed by atoms with E-state index in [1.807, 2.05) is 6.07 Å². The summed E-state index contributed by atoms with van der Waals surface area (Å²) in [5, 5.41) is 6.56. The Balaban J connectivity index is 1.44. The maximum atomic E-state index is 12.3. The van der Waals surface area contributed by atoms with Crippen LogP contribution in [0, 0.1) is 0 Å². The van der Waals surface area contributed by atoms with Crippen molar-refractivity contribution >= 4 is 33.0 Å². The zero-order chi connectivity index (χ0) is 19.3. The molecule has 2 aromatic heterocycles. The molecule has 0 aliphatic carbocycles. The average molecular weight is 397 g/mol. The van der Waals surface area contributed by atoms with Crippen LogP contribution in [0.15, 0.2) is 46.4 Å². The SMILES string of the molecule is CCCCCN1CCC(c2csc3ccc(NC(=O)c4ccco4)cc23)CC1. The van der Waals surface area contributed by atoms with Crippen molar-refractivity contribution < 1.29 is 9.21 Å². The fourth-order valence-electron chi connectivity index (χ4n) is 4.10. The number of unbranched alkanes of at least 4 members (excludes halogenated alkanes) is 2. The molecule has 0 atom stereocenters. The van der Waals surface area contributed by atoms with Crippen LogP contribution >= 0.6 is 11.3 Å². The third kappa shape index (κ3) is 4.31. The monoisotopic (exact) mass is 396 g/mol. The lowest BCUT2D eigenvalue weighted by Crippen LogP contribution is -2.33. The molecule has 4 nitrogen and oxygen atoms in total. The topological polar surface area (TPSA) is 45.5 Å². The Morgan fingerprint density at radius 2 is 2.11 bits per heavy atom. The number of furan rings is 1. The summed E-state index contributed by atoms with van der Waals surface area (Å²) in [4.78, 5) is 14.9. The number of nitrogens with zero attached hydrogens (tertiary/aromatic N) is 1. The van der Waals surface area contributed by atoms with Gasteiger partial charge in [-0.3, -0.25) is 4.79 Å². The van der Waals surface area contributed by atoms with E-state index in [1.54, 1.807) is 23.5 Å². The quantitative estimate of drug-likeness (QED) is 0.490. The number of anilines is 1. The Bertz CT molecular complexity index is 908. The third-order valence-corrected chi connectivity index (χ3v) is 6.69. The maximum Gasteiger partial charge on any atom is 0.291 e. The van der Waals surface area contributed by atoms with E-state index in [1.165, 1.54) is 73.7 Å². The number of likely N-dealkylation sites (tertiary alicyclic amines) is 1. The molecule has 1 N–H and O–H groups in total. The van der Waals surface area contributed by atoms with Crippen LogP contribution in [0.25, 0.3) is 10.1 Å². The Labute approximate surface area is 170 Å². The number of fused-ring (bicyclic) bond motifs is 1. The molecule has 1 fully saturated rings. The maximum absolute atomic E-state index is 12.3. The molecule has 1 aromatic carbocycles. The third-order valence-electron chi connectivity index (χ3n) is 5.71. The van der Waals surface area contributed by atoms with E-state index in [4.69, 9.17) is 4.42 Å². The minimum absolute atomic E-state index is 0.207. The first-order valence-electron chi connectivity index (χ1n) is 10.3. The van der Waals surface area contributed by atoms with Crippen molar-refractivity contribution in [2.24, 2.45) is 0 Å². The number of carbonyl (C=O) groups excluding carboxylic acids is 1. The van der Waals surface area contributed by atoms with E-state index in [2.05, 4.69) is 34.7 Å². The Morgan fingerprint density at radius 3 is 2.86 bits per heavy atom. The second-order valence-corrected chi connectivity index (χ2v) is 8.57. The molecular weight excluding hydrogens is 368 g/mol. The van der Waals surface area contributed by atoms with Crippen LogP contribution in [0.3, 0.4) is 0 Å². The van der Waals surface area contributed by atoms with Gasteiger partial charge in [-0.25, -0.2) is 0 Å². The van der Waals surface area contributed by atoms with E-state index >= 15 is 0 Å². The van der Waals surface area contributed by atoms with Gasteiger partial charge in [0.25, 0.3) is 5.91 Å². The van der Waals surface area contributed by atoms with Crippen molar-refractivity contribution in [2.75, 3.05) is 25.0 Å². The highest BCUT2D eigenvalue weighted by Crippen LogP contribution is 2.38. The van der Waals surface area contributed by atoms with Crippen molar-refractivity contribution in [2.45, 2.75) is 44.9 Å². The van der Waals surface area contributed by atoms with Crippen LogP contribution in [0.4, 0.5) is 5.69 Å². The van der Waals surface area contributed by atoms with Crippen molar-refractivity contribution in [1.82, 2.24) is 4.90 Å². The first kappa shape index (κ1) is 19.2. The smallest absolute Gasteiger partial charge is 0.291 e. The van der Waals surface area contributed by atoms with E-state index < -0.39 is 0 Å². The van der Waals surface area contributed by atoms with Crippen LogP contribution in [0.1, 0.15) is 61.1 Å². The highest BCUT2D eigenvalue weighted by atomic mass is 32.1. The highest BCUT2D eigenvalue weighted by Gasteiger charge is 2.23. The lowest BCUT2D eigenvalue weighted by atomic mass is 9.89. The van der Waals surface area contributed by atoms with Crippen molar-refractivity contribution in [3.05, 3.63) is 53.3 Å². The second kappa shape index (κ2) is 8.93. The summed E-state index contributed by atoms with van der Waals surface area (Å²) in [5.74, 6) is 0.745. The molecule has 0 spiro atoms. The van der Waals surface area contributed by atoms with Crippen LogP contribution in [-0.4, -0.2) is 30.4 Å². The van der Waals surface area contributed by atoms with Crippen LogP contribution in [0.2, 0.25) is 0 Å². The molecule has 4 rings (SSSR count). The van der Waals surface area contributed by atoms with Crippen LogP contribution < -0.4 is 5.32 Å². The number of hydrogen-bond acceptors (Lipinski definition) is 4. The molecule has 0 saturated carbocycles. The van der Waals surface area contributed by atoms with Crippen molar-refractivity contribution in [1.29, 1.82) is 0 Å². The first-order chi connectivity index (χ1) is 13.7. The summed E-state index contributed by atoms with van der Waals surface area (Å²) in [6.07, 6.45) is 7.91. The molecule has 3 heterocycles. The Kier molecular flexibility index (Phi) is 6.13. The molecular formula is C23H28N2O2S. The molecule has 148 valence electrons. The van der Waals surface area contributed by atoms with Crippen LogP contribution in [0.5, 0.6) is 0 Å². The summed E-state index contributed by atoms with van der Waals surface area (Å²) in [6.45, 7) is 5.90. The minimum Gasteiger partial charge on any atom is -0.459 e. The van der Waals surface area contributed by atoms with Crippen molar-refractivity contribution in [3.8, 4) is 0 Å². The Hall–Kier alpha value is -2.11. The van der Waals surface area contributed by atoms with Gasteiger partial charge in [0, 0.05) is 10.4 Å². The number of amides is 1. The van der Waals surface area contributed by atoms with Gasteiger partial charge in [-0.15, -0.1) is 11.3 Å². The number of carbonyl (C=O) groups is 1. The van der Waals surface area contributed by atoms with Gasteiger partial charge in [0.2, 0.25) is 0 Å². The predicted molar refractivity (Wildman–Crippen MR) is 116 cm³/mol. The summed E-state index contributed by atoms with van der Waals surface area (Å²) >= 11 is 1.81. The highest BCUT2D eigenvalue weighted by molar-refractivity contribution is 7.17. The molecule has 3 aromatic rings. The standard InChI is InChI=1S/C23H28N2O2S/c1-2-3-4-11-25-12-9-17(10-13-25)20-16-28-22-8-7-18(15-19(20)22)24-23(26)21-6-5-14-27-21/h5-8,14-17H,2-4,9-13H2,1H3,(H,24,26). The van der Waals surface area contributed by atoms with Gasteiger partial charge in [-0.1, -0.05) is 19.8 Å². The fourth-order valence-corrected chi connectivity index (χ4v) is 5.12. The molecule has 28 heavy (non-hydrogen) atoms. The lowest BCUT2D eigenvalue weighted by molar-refractivity contribution is 0.0996. The molecule has 5 heteroatoms. The largest absolute Gasteiger partial charge is 0.459 e. The summed E-state index contributed by atoms with van der Waals surface area (Å²) < 4.78 is 6.48.